The SMILES string of the molecule is CC/C(=C\c1ccccc1C)C(=O)N[C@@](C)(CC(=O)N1CCC(N2Cc3ccccc3NC2=O)CC1)C(=O)N1CCC(C2CCCCCC2)CC1. The van der Waals surface area contributed by atoms with Crippen LogP contribution in [0.2, 0.25) is 0 Å². The number of likely N-dealkylation sites (tertiary alicyclic amines) is 2. The Hall–Kier alpha value is -4.14. The summed E-state index contributed by atoms with van der Waals surface area (Å²) in [4.78, 5) is 61.1. The van der Waals surface area contributed by atoms with E-state index in [4.69, 9.17) is 0 Å². The van der Waals surface area contributed by atoms with E-state index in [1.165, 1.54) is 38.5 Å². The van der Waals surface area contributed by atoms with Crippen molar-refractivity contribution >= 4 is 35.5 Å². The van der Waals surface area contributed by atoms with Gasteiger partial charge >= 0.3 is 6.03 Å². The lowest BCUT2D eigenvalue weighted by Gasteiger charge is -2.42. The number of para-hydroxylation sites is 1. The number of hydrogen-bond donors (Lipinski definition) is 2. The van der Waals surface area contributed by atoms with Gasteiger partial charge in [0.15, 0.2) is 0 Å². The second kappa shape index (κ2) is 16.5. The summed E-state index contributed by atoms with van der Waals surface area (Å²) in [7, 11) is 0. The molecule has 0 spiro atoms. The molecule has 5 amide bonds. The molecule has 2 aromatic carbocycles. The number of nitrogens with zero attached hydrogens (tertiary/aromatic N) is 3. The van der Waals surface area contributed by atoms with Crippen LogP contribution in [-0.4, -0.2) is 76.2 Å². The van der Waals surface area contributed by atoms with Crippen LogP contribution >= 0.6 is 0 Å². The Balaban J connectivity index is 1.14. The van der Waals surface area contributed by atoms with Gasteiger partial charge in [-0.15, -0.1) is 0 Å². The van der Waals surface area contributed by atoms with Gasteiger partial charge in [0.1, 0.15) is 5.54 Å². The van der Waals surface area contributed by atoms with E-state index < -0.39 is 5.54 Å². The van der Waals surface area contributed by atoms with Crippen LogP contribution in [0.4, 0.5) is 10.5 Å². The number of rotatable bonds is 9. The topological polar surface area (TPSA) is 102 Å². The lowest BCUT2D eigenvalue weighted by molar-refractivity contribution is -0.147. The van der Waals surface area contributed by atoms with Crippen molar-refractivity contribution in [3.63, 3.8) is 0 Å². The minimum atomic E-state index is -1.39. The first-order valence-corrected chi connectivity index (χ1v) is 19.5. The van der Waals surface area contributed by atoms with E-state index in [-0.39, 0.29) is 36.2 Å². The molecule has 1 aliphatic carbocycles. The van der Waals surface area contributed by atoms with E-state index in [0.29, 0.717) is 63.5 Å². The molecule has 0 aromatic heterocycles. The van der Waals surface area contributed by atoms with Gasteiger partial charge in [-0.2, -0.15) is 0 Å². The summed E-state index contributed by atoms with van der Waals surface area (Å²) in [6, 6.07) is 15.7. The van der Waals surface area contributed by atoms with Crippen molar-refractivity contribution < 1.29 is 19.2 Å². The normalized spacial score (nSPS) is 21.0. The third-order valence-electron chi connectivity index (χ3n) is 12.1. The number of hydrogen-bond acceptors (Lipinski definition) is 4. The summed E-state index contributed by atoms with van der Waals surface area (Å²) in [6.07, 6.45) is 13.4. The molecule has 51 heavy (non-hydrogen) atoms. The molecule has 0 bridgehead atoms. The molecule has 0 radical (unpaired) electrons. The van der Waals surface area contributed by atoms with Crippen LogP contribution in [0.25, 0.3) is 6.08 Å². The smallest absolute Gasteiger partial charge is 0.322 e. The Kier molecular flexibility index (Phi) is 11.8. The molecule has 2 N–H and O–H groups in total. The highest BCUT2D eigenvalue weighted by molar-refractivity contribution is 6.03. The highest BCUT2D eigenvalue weighted by Crippen LogP contribution is 2.36. The molecular formula is C42H57N5O4. The van der Waals surface area contributed by atoms with Crippen LogP contribution in [0.3, 0.4) is 0 Å². The molecule has 2 saturated heterocycles. The molecular weight excluding hydrogens is 638 g/mol. The maximum Gasteiger partial charge on any atom is 0.322 e. The van der Waals surface area contributed by atoms with E-state index in [1.807, 2.05) is 83.2 Å². The van der Waals surface area contributed by atoms with E-state index >= 15 is 0 Å². The van der Waals surface area contributed by atoms with Gasteiger partial charge < -0.3 is 25.3 Å². The van der Waals surface area contributed by atoms with Crippen molar-refractivity contribution in [3.05, 3.63) is 70.8 Å². The zero-order valence-corrected chi connectivity index (χ0v) is 30.9. The van der Waals surface area contributed by atoms with Crippen molar-refractivity contribution in [2.24, 2.45) is 11.8 Å². The van der Waals surface area contributed by atoms with E-state index in [2.05, 4.69) is 10.6 Å². The van der Waals surface area contributed by atoms with Gasteiger partial charge in [-0.3, -0.25) is 14.4 Å². The van der Waals surface area contributed by atoms with Gasteiger partial charge in [-0.25, -0.2) is 4.79 Å². The van der Waals surface area contributed by atoms with Gasteiger partial charge in [0.2, 0.25) is 17.7 Å². The number of carbonyl (C=O) groups excluding carboxylic acids is 4. The van der Waals surface area contributed by atoms with Gasteiger partial charge in [0, 0.05) is 50.0 Å². The molecule has 3 heterocycles. The molecule has 0 unspecified atom stereocenters. The largest absolute Gasteiger partial charge is 0.342 e. The first kappa shape index (κ1) is 36.6. The lowest BCUT2D eigenvalue weighted by atomic mass is 9.79. The standard InChI is InChI=1S/C42H57N5O4/c1-4-31(27-34-16-10-9-13-30(34)2)39(49)44-42(3,40(50)46-23-19-33(20-24-46)32-14-7-5-6-8-15-32)28-38(48)45-25-21-36(22-26-45)47-29-35-17-11-12-18-37(35)43-41(47)51/h9-13,16-18,27,32-33,36H,4-8,14-15,19-26,28-29H2,1-3H3,(H,43,51)(H,44,49)/b31-27+/t42-/m0/s1. The zero-order chi connectivity index (χ0) is 36.0. The molecule has 9 nitrogen and oxygen atoms in total. The van der Waals surface area contributed by atoms with Gasteiger partial charge in [0.05, 0.1) is 6.42 Å². The first-order chi connectivity index (χ1) is 24.6. The predicted molar refractivity (Wildman–Crippen MR) is 202 cm³/mol. The van der Waals surface area contributed by atoms with Crippen molar-refractivity contribution in [3.8, 4) is 0 Å². The highest BCUT2D eigenvalue weighted by Gasteiger charge is 2.43. The molecule has 6 rings (SSSR count). The van der Waals surface area contributed by atoms with Crippen LogP contribution in [0.5, 0.6) is 0 Å². The molecule has 3 aliphatic heterocycles. The average Bonchev–Trinajstić information content (AvgIpc) is 3.44. The third-order valence-corrected chi connectivity index (χ3v) is 12.1. The summed E-state index contributed by atoms with van der Waals surface area (Å²) in [5.74, 6) is 0.744. The van der Waals surface area contributed by atoms with Crippen LogP contribution in [0.15, 0.2) is 54.1 Å². The number of anilines is 1. The number of urea groups is 1. The van der Waals surface area contributed by atoms with E-state index in [0.717, 1.165) is 41.1 Å². The van der Waals surface area contributed by atoms with Crippen LogP contribution in [-0.2, 0) is 20.9 Å². The lowest BCUT2D eigenvalue weighted by Crippen LogP contribution is -2.61. The number of aryl methyl sites for hydroxylation is 1. The van der Waals surface area contributed by atoms with E-state index in [9.17, 15) is 19.2 Å². The number of amides is 5. The molecule has 274 valence electrons. The Labute approximate surface area is 304 Å². The monoisotopic (exact) mass is 695 g/mol. The van der Waals surface area contributed by atoms with Gasteiger partial charge in [-0.1, -0.05) is 87.9 Å². The summed E-state index contributed by atoms with van der Waals surface area (Å²) >= 11 is 0. The van der Waals surface area contributed by atoms with Gasteiger partial charge in [0.25, 0.3) is 0 Å². The summed E-state index contributed by atoms with van der Waals surface area (Å²) in [6.45, 7) is 8.55. The predicted octanol–water partition coefficient (Wildman–Crippen LogP) is 7.30. The minimum absolute atomic E-state index is 0.0172. The molecule has 9 heteroatoms. The Morgan fingerprint density at radius 3 is 2.16 bits per heavy atom. The number of fused-ring (bicyclic) bond motifs is 1. The third kappa shape index (κ3) is 8.67. The molecule has 3 fully saturated rings. The summed E-state index contributed by atoms with van der Waals surface area (Å²) in [5.41, 5.74) is 3.15. The second-order valence-electron chi connectivity index (χ2n) is 15.6. The fraction of sp³-hybridized carbons (Fsp3) is 0.571. The number of carbonyl (C=O) groups is 4. The summed E-state index contributed by atoms with van der Waals surface area (Å²) < 4.78 is 0. The second-order valence-corrected chi connectivity index (χ2v) is 15.6. The number of piperidine rings is 2. The average molecular weight is 696 g/mol. The fourth-order valence-corrected chi connectivity index (χ4v) is 8.83. The van der Waals surface area contributed by atoms with Crippen LogP contribution in [0, 0.1) is 18.8 Å². The van der Waals surface area contributed by atoms with Gasteiger partial charge in [-0.05, 0) is 86.6 Å². The molecule has 4 aliphatic rings. The molecule has 2 aromatic rings. The Bertz CT molecular complexity index is 1600. The summed E-state index contributed by atoms with van der Waals surface area (Å²) in [5, 5.41) is 6.11. The molecule has 1 atom stereocenters. The van der Waals surface area contributed by atoms with E-state index in [1.54, 1.807) is 6.92 Å². The quantitative estimate of drug-likeness (QED) is 0.212. The molecule has 1 saturated carbocycles. The highest BCUT2D eigenvalue weighted by atomic mass is 16.2. The number of nitrogens with one attached hydrogen (secondary N) is 2. The minimum Gasteiger partial charge on any atom is -0.342 e. The maximum absolute atomic E-state index is 14.5. The van der Waals surface area contributed by atoms with Crippen molar-refractivity contribution in [1.82, 2.24) is 20.0 Å². The Morgan fingerprint density at radius 2 is 1.47 bits per heavy atom. The van der Waals surface area contributed by atoms with Crippen molar-refractivity contribution in [2.75, 3.05) is 31.5 Å². The maximum atomic E-state index is 14.5. The fourth-order valence-electron chi connectivity index (χ4n) is 8.83. The zero-order valence-electron chi connectivity index (χ0n) is 30.9. The Morgan fingerprint density at radius 1 is 0.843 bits per heavy atom. The van der Waals surface area contributed by atoms with Crippen molar-refractivity contribution in [1.29, 1.82) is 0 Å². The van der Waals surface area contributed by atoms with Crippen molar-refractivity contribution in [2.45, 2.75) is 116 Å². The van der Waals surface area contributed by atoms with Crippen LogP contribution < -0.4 is 10.6 Å². The first-order valence-electron chi connectivity index (χ1n) is 19.5. The number of benzene rings is 2. The van der Waals surface area contributed by atoms with Crippen LogP contribution in [0.1, 0.15) is 108 Å².